The van der Waals surface area contributed by atoms with Crippen LogP contribution < -0.4 is 10.6 Å². The first kappa shape index (κ1) is 22.4. The van der Waals surface area contributed by atoms with Crippen LogP contribution in [0.2, 0.25) is 0 Å². The van der Waals surface area contributed by atoms with Crippen LogP contribution in [0.1, 0.15) is 28.8 Å². The fraction of sp³-hybridized carbons (Fsp3) is 0.350. The highest BCUT2D eigenvalue weighted by atomic mass is 127. The summed E-state index contributed by atoms with van der Waals surface area (Å²) in [6.07, 6.45) is 2.87. The van der Waals surface area contributed by atoms with E-state index in [-0.39, 0.29) is 24.0 Å². The summed E-state index contributed by atoms with van der Waals surface area (Å²) in [7, 11) is 0. The minimum absolute atomic E-state index is 0. The maximum absolute atomic E-state index is 4.66. The third-order valence-corrected chi connectivity index (χ3v) is 4.98. The lowest BCUT2D eigenvalue weighted by Gasteiger charge is -2.11. The number of nitrogens with one attached hydrogen (secondary N) is 2. The van der Waals surface area contributed by atoms with Gasteiger partial charge in [-0.25, -0.2) is 14.7 Å². The first-order valence-corrected chi connectivity index (χ1v) is 10.1. The molecule has 0 aromatic carbocycles. The van der Waals surface area contributed by atoms with Gasteiger partial charge in [0.05, 0.1) is 12.2 Å². The molecule has 0 spiro atoms. The fourth-order valence-corrected chi connectivity index (χ4v) is 3.48. The van der Waals surface area contributed by atoms with E-state index in [1.165, 1.54) is 4.88 Å². The standard InChI is InChI=1S/C20H26N6S.HI/c1-4-21-20(22-10-9-18-6-5-11-27-18)24-14-17-7-8-19(23-13-17)26-16(3)12-15(2)25-26;/h5-8,11-13H,4,9-10,14H2,1-3H3,(H2,21,22,24);1H. The lowest BCUT2D eigenvalue weighted by Crippen LogP contribution is -2.38. The Bertz CT molecular complexity index is 871. The van der Waals surface area contributed by atoms with Crippen molar-refractivity contribution in [2.24, 2.45) is 4.99 Å². The van der Waals surface area contributed by atoms with Crippen molar-refractivity contribution in [2.75, 3.05) is 13.1 Å². The van der Waals surface area contributed by atoms with E-state index < -0.39 is 0 Å². The van der Waals surface area contributed by atoms with E-state index in [1.54, 1.807) is 11.3 Å². The monoisotopic (exact) mass is 510 g/mol. The largest absolute Gasteiger partial charge is 0.357 e. The molecule has 0 amide bonds. The zero-order chi connectivity index (χ0) is 19.1. The lowest BCUT2D eigenvalue weighted by atomic mass is 10.3. The number of rotatable bonds is 7. The van der Waals surface area contributed by atoms with Crippen LogP contribution in [0.4, 0.5) is 0 Å². The van der Waals surface area contributed by atoms with Crippen LogP contribution in [-0.2, 0) is 13.0 Å². The minimum atomic E-state index is 0. The van der Waals surface area contributed by atoms with E-state index in [0.717, 1.165) is 48.2 Å². The summed E-state index contributed by atoms with van der Waals surface area (Å²) >= 11 is 1.78. The number of aliphatic imine (C=N–C) groups is 1. The molecule has 3 heterocycles. The molecular formula is C20H27IN6S. The van der Waals surface area contributed by atoms with Crippen molar-refractivity contribution in [3.8, 4) is 5.82 Å². The molecule has 0 aliphatic carbocycles. The highest BCUT2D eigenvalue weighted by Gasteiger charge is 2.05. The molecule has 0 unspecified atom stereocenters. The second-order valence-corrected chi connectivity index (χ2v) is 7.35. The molecule has 8 heteroatoms. The lowest BCUT2D eigenvalue weighted by molar-refractivity contribution is 0.797. The summed E-state index contributed by atoms with van der Waals surface area (Å²) in [5, 5.41) is 13.3. The van der Waals surface area contributed by atoms with Crippen LogP contribution in [0.25, 0.3) is 5.82 Å². The van der Waals surface area contributed by atoms with Gasteiger partial charge in [-0.3, -0.25) is 0 Å². The summed E-state index contributed by atoms with van der Waals surface area (Å²) in [4.78, 5) is 10.6. The van der Waals surface area contributed by atoms with Gasteiger partial charge in [-0.05, 0) is 56.3 Å². The predicted molar refractivity (Wildman–Crippen MR) is 127 cm³/mol. The van der Waals surface area contributed by atoms with E-state index in [9.17, 15) is 0 Å². The number of hydrogen-bond donors (Lipinski definition) is 2. The fourth-order valence-electron chi connectivity index (χ4n) is 2.77. The highest BCUT2D eigenvalue weighted by Crippen LogP contribution is 2.11. The van der Waals surface area contributed by atoms with Crippen molar-refractivity contribution in [3.63, 3.8) is 0 Å². The third-order valence-electron chi connectivity index (χ3n) is 4.04. The minimum Gasteiger partial charge on any atom is -0.357 e. The highest BCUT2D eigenvalue weighted by molar-refractivity contribution is 14.0. The normalized spacial score (nSPS) is 11.2. The Hall–Kier alpha value is -1.94. The Morgan fingerprint density at radius 1 is 1.21 bits per heavy atom. The first-order valence-electron chi connectivity index (χ1n) is 9.19. The molecule has 150 valence electrons. The molecule has 0 fully saturated rings. The second kappa shape index (κ2) is 11.2. The van der Waals surface area contributed by atoms with E-state index in [0.29, 0.717) is 6.54 Å². The van der Waals surface area contributed by atoms with Gasteiger partial charge in [-0.15, -0.1) is 35.3 Å². The maximum Gasteiger partial charge on any atom is 0.191 e. The number of hydrogen-bond acceptors (Lipinski definition) is 4. The molecule has 0 radical (unpaired) electrons. The molecule has 3 aromatic rings. The molecule has 0 aliphatic rings. The SMILES string of the molecule is CCNC(=NCc1ccc(-n2nc(C)cc2C)nc1)NCCc1cccs1.I. The van der Waals surface area contributed by atoms with Crippen molar-refractivity contribution < 1.29 is 0 Å². The zero-order valence-corrected chi connectivity index (χ0v) is 19.6. The van der Waals surface area contributed by atoms with Crippen LogP contribution in [0, 0.1) is 13.8 Å². The van der Waals surface area contributed by atoms with Gasteiger partial charge in [-0.1, -0.05) is 12.1 Å². The smallest absolute Gasteiger partial charge is 0.191 e. The second-order valence-electron chi connectivity index (χ2n) is 6.31. The number of pyridine rings is 1. The molecule has 6 nitrogen and oxygen atoms in total. The Kier molecular flexibility index (Phi) is 8.91. The van der Waals surface area contributed by atoms with Gasteiger partial charge in [0.25, 0.3) is 0 Å². The molecule has 28 heavy (non-hydrogen) atoms. The molecule has 3 rings (SSSR count). The van der Waals surface area contributed by atoms with E-state index in [1.807, 2.05) is 36.9 Å². The van der Waals surface area contributed by atoms with E-state index in [2.05, 4.69) is 56.2 Å². The van der Waals surface area contributed by atoms with Gasteiger partial charge < -0.3 is 10.6 Å². The summed E-state index contributed by atoms with van der Waals surface area (Å²) in [5.74, 6) is 1.66. The van der Waals surface area contributed by atoms with Crippen molar-refractivity contribution >= 4 is 41.3 Å². The number of aromatic nitrogens is 3. The zero-order valence-electron chi connectivity index (χ0n) is 16.5. The van der Waals surface area contributed by atoms with Crippen LogP contribution in [0.5, 0.6) is 0 Å². The first-order chi connectivity index (χ1) is 13.2. The number of guanidine groups is 1. The van der Waals surface area contributed by atoms with E-state index in [4.69, 9.17) is 0 Å². The van der Waals surface area contributed by atoms with Crippen LogP contribution in [-0.4, -0.2) is 33.8 Å². The molecule has 0 saturated carbocycles. The average Bonchev–Trinajstić information content (AvgIpc) is 3.29. The Labute approximate surface area is 187 Å². The van der Waals surface area contributed by atoms with Gasteiger partial charge in [-0.2, -0.15) is 5.10 Å². The number of aryl methyl sites for hydroxylation is 2. The van der Waals surface area contributed by atoms with Crippen molar-refractivity contribution in [3.05, 3.63) is 63.7 Å². The van der Waals surface area contributed by atoms with Gasteiger partial charge in [0.15, 0.2) is 11.8 Å². The van der Waals surface area contributed by atoms with Crippen LogP contribution in [0.3, 0.4) is 0 Å². The van der Waals surface area contributed by atoms with Gasteiger partial charge >= 0.3 is 0 Å². The number of halogens is 1. The van der Waals surface area contributed by atoms with E-state index >= 15 is 0 Å². The van der Waals surface area contributed by atoms with Crippen molar-refractivity contribution in [2.45, 2.75) is 33.7 Å². The van der Waals surface area contributed by atoms with Crippen LogP contribution in [0.15, 0.2) is 46.9 Å². The van der Waals surface area contributed by atoms with Crippen molar-refractivity contribution in [1.29, 1.82) is 0 Å². The molecule has 0 atom stereocenters. The molecule has 2 N–H and O–H groups in total. The summed E-state index contributed by atoms with van der Waals surface area (Å²) in [6.45, 7) is 8.37. The summed E-state index contributed by atoms with van der Waals surface area (Å²) in [6, 6.07) is 10.3. The van der Waals surface area contributed by atoms with Gasteiger partial charge in [0.1, 0.15) is 0 Å². The Morgan fingerprint density at radius 3 is 2.68 bits per heavy atom. The summed E-state index contributed by atoms with van der Waals surface area (Å²) < 4.78 is 1.86. The molecular weight excluding hydrogens is 483 g/mol. The molecule has 0 bridgehead atoms. The Morgan fingerprint density at radius 2 is 2.07 bits per heavy atom. The quantitative estimate of drug-likeness (QED) is 0.288. The number of thiophene rings is 1. The average molecular weight is 510 g/mol. The van der Waals surface area contributed by atoms with Gasteiger partial charge in [0, 0.05) is 29.9 Å². The van der Waals surface area contributed by atoms with Crippen molar-refractivity contribution in [1.82, 2.24) is 25.4 Å². The maximum atomic E-state index is 4.66. The molecule has 3 aromatic heterocycles. The third kappa shape index (κ3) is 6.30. The number of nitrogens with zero attached hydrogens (tertiary/aromatic N) is 4. The molecule has 0 aliphatic heterocycles. The Balaban J connectivity index is 0.00000280. The van der Waals surface area contributed by atoms with Crippen LogP contribution >= 0.6 is 35.3 Å². The molecule has 0 saturated heterocycles. The van der Waals surface area contributed by atoms with Gasteiger partial charge in [0.2, 0.25) is 0 Å². The summed E-state index contributed by atoms with van der Waals surface area (Å²) in [5.41, 5.74) is 3.14. The predicted octanol–water partition coefficient (Wildman–Crippen LogP) is 3.86. The topological polar surface area (TPSA) is 67.1 Å².